The minimum atomic E-state index is -0.786. The quantitative estimate of drug-likeness (QED) is 0.102. The van der Waals surface area contributed by atoms with Crippen LogP contribution in [0.4, 0.5) is 4.39 Å². The number of benzene rings is 4. The first-order valence-electron chi connectivity index (χ1n) is 17.4. The highest BCUT2D eigenvalue weighted by molar-refractivity contribution is 6.24. The Bertz CT molecular complexity index is 2130. The van der Waals surface area contributed by atoms with Crippen molar-refractivity contribution < 1.29 is 62.1 Å². The fourth-order valence-electron chi connectivity index (χ4n) is 7.86. The van der Waals surface area contributed by atoms with Gasteiger partial charge in [-0.1, -0.05) is 6.07 Å². The maximum absolute atomic E-state index is 14.8. The Balaban J connectivity index is 1.39. The first-order chi connectivity index (χ1) is 26.7. The number of nitrogens with one attached hydrogen (secondary N) is 1. The third kappa shape index (κ3) is 6.61. The third-order valence-electron chi connectivity index (χ3n) is 10.3. The fourth-order valence-corrected chi connectivity index (χ4v) is 7.86. The topological polar surface area (TPSA) is 160 Å². The second-order valence-corrected chi connectivity index (χ2v) is 13.1. The first kappa shape index (κ1) is 37.3. The molecule has 0 spiro atoms. The van der Waals surface area contributed by atoms with E-state index in [0.29, 0.717) is 67.7 Å². The summed E-state index contributed by atoms with van der Waals surface area (Å²) in [6.07, 6.45) is 1.57. The van der Waals surface area contributed by atoms with Crippen molar-refractivity contribution in [3.8, 4) is 40.2 Å². The van der Waals surface area contributed by atoms with Crippen LogP contribution in [0, 0.1) is 17.7 Å². The van der Waals surface area contributed by atoms with Crippen LogP contribution in [-0.4, -0.2) is 71.0 Å². The molecule has 0 aromatic heterocycles. The zero-order valence-corrected chi connectivity index (χ0v) is 30.8. The van der Waals surface area contributed by atoms with Gasteiger partial charge in [-0.05, 0) is 82.4 Å². The molecule has 3 aliphatic rings. The minimum absolute atomic E-state index is 0.00178. The molecular formula is C41H40FNO12. The van der Waals surface area contributed by atoms with Gasteiger partial charge in [0.1, 0.15) is 0 Å². The zero-order valence-electron chi connectivity index (χ0n) is 30.8. The first-order valence-corrected chi connectivity index (χ1v) is 17.4. The Hall–Kier alpha value is -5.99. The number of methoxy groups -OCH3 is 5. The Morgan fingerprint density at radius 3 is 2.07 bits per heavy atom. The summed E-state index contributed by atoms with van der Waals surface area (Å²) in [5.41, 5.74) is 3.75. The molecule has 13 nitrogen and oxygen atoms in total. The molecule has 55 heavy (non-hydrogen) atoms. The summed E-state index contributed by atoms with van der Waals surface area (Å²) in [5, 5.41) is 23.8. The van der Waals surface area contributed by atoms with Crippen LogP contribution < -0.4 is 38.5 Å². The average molecular weight is 758 g/mol. The summed E-state index contributed by atoms with van der Waals surface area (Å²) in [4.78, 5) is 28.6. The number of carbonyl (C=O) groups is 2. The number of halogens is 1. The molecule has 1 amide bonds. The summed E-state index contributed by atoms with van der Waals surface area (Å²) >= 11 is 0. The Morgan fingerprint density at radius 1 is 0.800 bits per heavy atom. The molecule has 1 saturated heterocycles. The Morgan fingerprint density at radius 2 is 1.44 bits per heavy atom. The van der Waals surface area contributed by atoms with Crippen molar-refractivity contribution >= 4 is 23.5 Å². The molecule has 2 heterocycles. The highest BCUT2D eigenvalue weighted by atomic mass is 19.1. The van der Waals surface area contributed by atoms with Gasteiger partial charge in [0.2, 0.25) is 6.79 Å². The van der Waals surface area contributed by atoms with Gasteiger partial charge in [0.15, 0.2) is 46.1 Å². The van der Waals surface area contributed by atoms with E-state index in [1.54, 1.807) is 36.4 Å². The molecule has 0 radical (unpaired) electrons. The van der Waals surface area contributed by atoms with Crippen LogP contribution in [0.2, 0.25) is 0 Å². The van der Waals surface area contributed by atoms with Gasteiger partial charge >= 0.3 is 5.97 Å². The molecule has 4 atom stereocenters. The van der Waals surface area contributed by atoms with Gasteiger partial charge in [0.05, 0.1) is 67.3 Å². The van der Waals surface area contributed by atoms with Crippen LogP contribution in [-0.2, 0) is 27.5 Å². The average Bonchev–Trinajstić information content (AvgIpc) is 3.84. The lowest BCUT2D eigenvalue weighted by Gasteiger charge is -2.39. The van der Waals surface area contributed by atoms with Crippen molar-refractivity contribution in [1.29, 1.82) is 0 Å². The number of aliphatic hydroxyl groups is 2. The largest absolute Gasteiger partial charge is 0.494 e. The third-order valence-corrected chi connectivity index (χ3v) is 10.3. The van der Waals surface area contributed by atoms with Crippen LogP contribution >= 0.6 is 0 Å². The van der Waals surface area contributed by atoms with Crippen LogP contribution in [0.25, 0.3) is 11.6 Å². The number of esters is 1. The second kappa shape index (κ2) is 15.4. The van der Waals surface area contributed by atoms with E-state index in [2.05, 4.69) is 5.32 Å². The maximum Gasteiger partial charge on any atom is 0.310 e. The van der Waals surface area contributed by atoms with Gasteiger partial charge in [0, 0.05) is 28.5 Å². The molecule has 1 fully saturated rings. The number of cyclic esters (lactones) is 1. The Kier molecular flexibility index (Phi) is 10.5. The molecule has 4 aromatic carbocycles. The highest BCUT2D eigenvalue weighted by Gasteiger charge is 2.53. The van der Waals surface area contributed by atoms with Gasteiger partial charge in [0.25, 0.3) is 5.91 Å². The number of hydrogen-bond acceptors (Lipinski definition) is 12. The van der Waals surface area contributed by atoms with Gasteiger partial charge in [-0.3, -0.25) is 9.59 Å². The predicted octanol–water partition coefficient (Wildman–Crippen LogP) is 4.91. The van der Waals surface area contributed by atoms with E-state index in [9.17, 15) is 24.2 Å². The molecule has 0 unspecified atom stereocenters. The van der Waals surface area contributed by atoms with Crippen LogP contribution in [0.15, 0.2) is 54.6 Å². The standard InChI is InChI=1S/C41H40FNO12/c1-48-30-9-20(6-7-29(30)42)8-25(21-10-23(16-44)38(51-4)33(12-21)49-2)40(46)43-37-27-15-32-31(54-19-55-32)14-26(27)35(36-28(37)18-53-41(36)47)22-11-24(17-45)39(52-5)34(13-22)50-3/h6-15,28,35-37,44-45H,16-19H2,1-5H3,(H,43,46)/t28-,35+,36-,37+/m0/s1. The van der Waals surface area contributed by atoms with Crippen molar-refractivity contribution in [3.05, 3.63) is 99.4 Å². The molecule has 3 N–H and O–H groups in total. The number of carbonyl (C=O) groups excluding carboxylic acids is 2. The predicted molar refractivity (Wildman–Crippen MR) is 195 cm³/mol. The molecule has 14 heteroatoms. The summed E-state index contributed by atoms with van der Waals surface area (Å²) in [7, 11) is 7.19. The number of fused-ring (bicyclic) bond motifs is 3. The number of ether oxygens (including phenoxy) is 8. The van der Waals surface area contributed by atoms with Gasteiger partial charge in [-0.2, -0.15) is 0 Å². The number of amides is 1. The molecule has 1 aliphatic carbocycles. The van der Waals surface area contributed by atoms with Crippen LogP contribution in [0.1, 0.15) is 50.9 Å². The smallest absolute Gasteiger partial charge is 0.310 e. The summed E-state index contributed by atoms with van der Waals surface area (Å²) < 4.78 is 59.3. The van der Waals surface area contributed by atoms with Crippen molar-refractivity contribution in [3.63, 3.8) is 0 Å². The van der Waals surface area contributed by atoms with Crippen LogP contribution in [0.3, 0.4) is 0 Å². The Labute approximate surface area is 316 Å². The van der Waals surface area contributed by atoms with Crippen molar-refractivity contribution in [1.82, 2.24) is 5.32 Å². The normalized spacial score (nSPS) is 19.6. The molecule has 2 aliphatic heterocycles. The monoisotopic (exact) mass is 757 g/mol. The zero-order chi connectivity index (χ0) is 39.0. The van der Waals surface area contributed by atoms with Crippen molar-refractivity contribution in [2.75, 3.05) is 48.9 Å². The summed E-state index contributed by atoms with van der Waals surface area (Å²) in [6.45, 7) is -0.790. The lowest BCUT2D eigenvalue weighted by Crippen LogP contribution is -2.43. The molecule has 288 valence electrons. The molecule has 4 aromatic rings. The van der Waals surface area contributed by atoms with Crippen molar-refractivity contribution in [2.45, 2.75) is 25.2 Å². The van der Waals surface area contributed by atoms with Gasteiger partial charge < -0.3 is 53.4 Å². The highest BCUT2D eigenvalue weighted by Crippen LogP contribution is 2.55. The van der Waals surface area contributed by atoms with E-state index in [0.717, 1.165) is 0 Å². The number of aliphatic hydroxyl groups excluding tert-OH is 2. The molecular weight excluding hydrogens is 717 g/mol. The van der Waals surface area contributed by atoms with Gasteiger partial charge in [-0.25, -0.2) is 4.39 Å². The minimum Gasteiger partial charge on any atom is -0.494 e. The number of rotatable bonds is 12. The summed E-state index contributed by atoms with van der Waals surface area (Å²) in [5.74, 6) is -1.34. The van der Waals surface area contributed by atoms with E-state index in [1.807, 2.05) is 6.07 Å². The maximum atomic E-state index is 14.8. The van der Waals surface area contributed by atoms with Crippen molar-refractivity contribution in [2.24, 2.45) is 11.8 Å². The molecule has 0 bridgehead atoms. The van der Waals surface area contributed by atoms with E-state index in [1.165, 1.54) is 53.7 Å². The van der Waals surface area contributed by atoms with E-state index >= 15 is 0 Å². The second-order valence-electron chi connectivity index (χ2n) is 13.1. The summed E-state index contributed by atoms with van der Waals surface area (Å²) in [6, 6.07) is 13.8. The molecule has 0 saturated carbocycles. The lowest BCUT2D eigenvalue weighted by atomic mass is 9.65. The lowest BCUT2D eigenvalue weighted by molar-refractivity contribution is -0.141. The van der Waals surface area contributed by atoms with E-state index in [4.69, 9.17) is 37.9 Å². The van der Waals surface area contributed by atoms with E-state index in [-0.39, 0.29) is 37.1 Å². The SMILES string of the molecule is COc1cc(C=C(C(=O)N[C@@H]2c3cc4c(cc3[C@@H](c3cc(CO)c(OC)c(OC)c3)[C@H]3C(=O)OC[C@@H]32)OCO4)c2cc(CO)c(OC)c(OC)c2)ccc1F. The van der Waals surface area contributed by atoms with E-state index < -0.39 is 48.1 Å². The number of hydrogen-bond donors (Lipinski definition) is 3. The fraction of sp³-hybridized carbons (Fsp3) is 0.317. The molecule has 7 rings (SSSR count). The van der Waals surface area contributed by atoms with Gasteiger partial charge in [-0.15, -0.1) is 0 Å². The van der Waals surface area contributed by atoms with Crippen LogP contribution in [0.5, 0.6) is 40.2 Å².